The van der Waals surface area contributed by atoms with Crippen molar-refractivity contribution in [3.8, 4) is 68.2 Å². The summed E-state index contributed by atoms with van der Waals surface area (Å²) >= 11 is 20.6. The fraction of sp³-hybridized carbons (Fsp3) is 0.345. The maximum Gasteiger partial charge on any atom is 0.407 e. The molecule has 2 fully saturated rings. The number of aromatic hydroxyl groups is 3. The molecule has 8 aromatic rings. The first-order valence-electron chi connectivity index (χ1n) is 39.6. The lowest BCUT2D eigenvalue weighted by Gasteiger charge is -2.48. The Balaban J connectivity index is 0.915. The van der Waals surface area contributed by atoms with Crippen LogP contribution < -0.4 is 62.5 Å². The van der Waals surface area contributed by atoms with Crippen molar-refractivity contribution in [3.05, 3.63) is 211 Å². The van der Waals surface area contributed by atoms with Crippen molar-refractivity contribution in [1.82, 2.24) is 42.5 Å². The van der Waals surface area contributed by atoms with Gasteiger partial charge in [-0.3, -0.25) is 33.6 Å². The summed E-state index contributed by atoms with van der Waals surface area (Å²) in [5.74, 6) is -17.6. The number of alkyl carbamates (subject to hydrolysis) is 1. The number of carbonyl (C=O) groups is 9. The zero-order valence-electron chi connectivity index (χ0n) is 66.9. The fourth-order valence-electron chi connectivity index (χ4n) is 16.2. The number of fused-ring (bicyclic) bond motifs is 18. The first-order valence-corrected chi connectivity index (χ1v) is 40.8. The summed E-state index contributed by atoms with van der Waals surface area (Å²) in [7, 11) is 0. The van der Waals surface area contributed by atoms with E-state index < -0.39 is 260 Å². The molecule has 8 aromatic carbocycles. The number of aliphatic carboxylic acids is 1. The third kappa shape index (κ3) is 19.0. The predicted octanol–water partition coefficient (Wildman–Crippen LogP) is 5.91. The van der Waals surface area contributed by atoms with E-state index in [1.807, 2.05) is 48.5 Å². The normalized spacial score (nSPS) is 26.3. The molecule has 125 heavy (non-hydrogen) atoms. The first-order chi connectivity index (χ1) is 59.5. The maximum atomic E-state index is 16.4. The number of ether oxygens (including phenoxy) is 7. The van der Waals surface area contributed by atoms with Gasteiger partial charge in [-0.1, -0.05) is 128 Å². The average Bonchev–Trinajstić information content (AvgIpc) is 1.69. The van der Waals surface area contributed by atoms with Crippen molar-refractivity contribution in [3.63, 3.8) is 0 Å². The second kappa shape index (κ2) is 37.1. The average molecular weight is 1780 g/mol. The molecule has 0 radical (unpaired) electrons. The number of carbonyl (C=O) groups excluding carboxylic acids is 8. The number of carboxylic acid groups (broad SMARTS) is 1. The van der Waals surface area contributed by atoms with Gasteiger partial charge in [0.1, 0.15) is 102 Å². The molecule has 20 N–H and O–H groups in total. The Bertz CT molecular complexity index is 5490. The number of nitrogens with two attached hydrogens (primary N) is 1. The summed E-state index contributed by atoms with van der Waals surface area (Å²) in [5.41, 5.74) is 5.91. The predicted molar refractivity (Wildman–Crippen MR) is 443 cm³/mol. The van der Waals surface area contributed by atoms with Crippen molar-refractivity contribution >= 4 is 88.2 Å². The van der Waals surface area contributed by atoms with Gasteiger partial charge in [-0.05, 0) is 143 Å². The van der Waals surface area contributed by atoms with Gasteiger partial charge >= 0.3 is 12.1 Å². The van der Waals surface area contributed by atoms with Crippen LogP contribution in [0.3, 0.4) is 0 Å². The minimum absolute atomic E-state index is 0.120. The van der Waals surface area contributed by atoms with Gasteiger partial charge in [0.25, 0.3) is 0 Å². The highest BCUT2D eigenvalue weighted by Gasteiger charge is 2.53. The molecule has 2 saturated heterocycles. The third-order valence-corrected chi connectivity index (χ3v) is 23.5. The van der Waals surface area contributed by atoms with Crippen LogP contribution in [0.5, 0.6) is 46.0 Å². The van der Waals surface area contributed by atoms with E-state index >= 15 is 28.8 Å². The van der Waals surface area contributed by atoms with Crippen LogP contribution in [0.25, 0.3) is 22.3 Å². The zero-order valence-corrected chi connectivity index (χ0v) is 69.1. The number of rotatable bonds is 18. The molecule has 11 bridgehead atoms. The minimum Gasteiger partial charge on any atom is -0.508 e. The van der Waals surface area contributed by atoms with Gasteiger partial charge in [0.15, 0.2) is 29.9 Å². The summed E-state index contributed by atoms with van der Waals surface area (Å²) < 4.78 is 45.3. The van der Waals surface area contributed by atoms with E-state index in [1.165, 1.54) is 6.07 Å². The highest BCUT2D eigenvalue weighted by atomic mass is 35.5. The van der Waals surface area contributed by atoms with Gasteiger partial charge in [-0.2, -0.15) is 0 Å². The summed E-state index contributed by atoms with van der Waals surface area (Å²) in [6, 6.07) is 20.1. The van der Waals surface area contributed by atoms with E-state index in [-0.39, 0.29) is 48.6 Å². The molecule has 16 rings (SSSR count). The van der Waals surface area contributed by atoms with Crippen LogP contribution >= 0.6 is 34.8 Å². The minimum atomic E-state index is -2.42. The number of aliphatic hydroxyl groups excluding tert-OH is 6. The quantitative estimate of drug-likeness (QED) is 0.0474. The number of benzene rings is 8. The first kappa shape index (κ1) is 89.3. The lowest BCUT2D eigenvalue weighted by atomic mass is 9.84. The number of nitrogens with one attached hydrogen (secondary N) is 8. The van der Waals surface area contributed by atoms with Gasteiger partial charge < -0.3 is 132 Å². The molecule has 7 heterocycles. The van der Waals surface area contributed by atoms with Crippen LogP contribution in [-0.2, 0) is 63.8 Å². The molecular weight excluding hydrogens is 1690 g/mol. The standard InChI is InChI=1S/C87H88Cl3N9O26/c1-36(2)23-54(94-86(118)119-35-51-47-11-7-5-9-45(47)46-10-6-8-12-48(46)51)78(110)98-69-71(105)40-16-21-58(52(89)25-40)121-60-27-42-28-61(75(60)125-85-76(74(108)73(107)62(34-100)123-85)124-64-32-87(4,77(109)37(3)120-64)92-33-38-13-18-43(88)19-14-38)122-59-22-17-41(26-53(59)90)72(106)70-83(115)97-68(84(116)117)50-29-44(101)30-57(103)65(50)49-24-39(15-20-56(49)102)66(80(112)99-70)96-81(113)67(42)95-79(111)55(31-63(91)104)93-82(69)114/h5-22,24-30,36-37,51,54-55,62,64,66-74,76-77,85,92,100-103,105-109H,23,31-35H2,1-4H3,(H2,91,104)(H,93,114)(H,94,118)(H,95,111)(H,96,113)(H,97,115)(H,98,110)(H,99,112)(H,116,117)/t37-,54+,55-,62+,64-,66+,67+,68-,69+,70-,71+,72+,73+,74-,76+,77+,85-,87-/m0/s1. The molecule has 38 heteroatoms. The Kier molecular flexibility index (Phi) is 26.5. The smallest absolute Gasteiger partial charge is 0.407 e. The number of hydrogen-bond donors (Lipinski definition) is 19. The number of hydrogen-bond acceptors (Lipinski definition) is 26. The second-order valence-electron chi connectivity index (χ2n) is 31.8. The SMILES string of the molecule is CC(C)C[C@@H](NC(=O)OCC1c2ccccc2-c2ccccc21)C(=O)N[C@H]1C(=O)N[C@@H](CC(N)=O)C(=O)N[C@H]2C(=O)N[C@H]3C(=O)N[C@H](C(=O)N[C@H](C(=O)O)c4cc(O)cc(O)c4-c4cc3ccc4O)[C@H](O)c3ccc(c(Cl)c3)Oc3cc2cc(c3O[C@@H]2O[C@H](CO)[C@@H](O)[C@H](O)[C@H]2O[C@H]2C[C@](C)(NCc3ccc(Cl)cc3)[C@H](O)[C@H](C)O2)Oc2ccc(cc2Cl)[C@H]1O. The second-order valence-corrected chi connectivity index (χ2v) is 33.0. The lowest BCUT2D eigenvalue weighted by molar-refractivity contribution is -0.334. The van der Waals surface area contributed by atoms with E-state index in [0.29, 0.717) is 5.02 Å². The van der Waals surface area contributed by atoms with Gasteiger partial charge in [0, 0.05) is 52.2 Å². The molecule has 0 spiro atoms. The Morgan fingerprint density at radius 3 is 1.86 bits per heavy atom. The molecule has 8 amide bonds. The van der Waals surface area contributed by atoms with Crippen molar-refractivity contribution in [1.29, 1.82) is 0 Å². The summed E-state index contributed by atoms with van der Waals surface area (Å²) in [6.07, 6.45) is -20.5. The lowest BCUT2D eigenvalue weighted by Crippen LogP contribution is -2.65. The van der Waals surface area contributed by atoms with Gasteiger partial charge in [-0.15, -0.1) is 0 Å². The number of amides is 8. The van der Waals surface area contributed by atoms with Crippen LogP contribution in [0.4, 0.5) is 4.79 Å². The van der Waals surface area contributed by atoms with Crippen molar-refractivity contribution in [2.75, 3.05) is 13.2 Å². The van der Waals surface area contributed by atoms with Gasteiger partial charge in [0.2, 0.25) is 53.4 Å². The van der Waals surface area contributed by atoms with E-state index in [1.54, 1.807) is 52.0 Å². The molecular formula is C87H88Cl3N9O26. The molecule has 0 aromatic heterocycles. The third-order valence-electron chi connectivity index (χ3n) is 22.6. The van der Waals surface area contributed by atoms with Gasteiger partial charge in [0.05, 0.1) is 35.3 Å². The number of phenolic OH excluding ortho intramolecular Hbond substituents is 3. The van der Waals surface area contributed by atoms with E-state index in [9.17, 15) is 65.4 Å². The molecule has 18 atom stereocenters. The Hall–Kier alpha value is -11.9. The van der Waals surface area contributed by atoms with Crippen LogP contribution in [0.15, 0.2) is 152 Å². The van der Waals surface area contributed by atoms with Crippen LogP contribution in [-0.4, -0.2) is 197 Å². The monoisotopic (exact) mass is 1780 g/mol. The Labute approximate surface area is 727 Å². The molecule has 1 aliphatic carbocycles. The largest absolute Gasteiger partial charge is 0.508 e. The van der Waals surface area contributed by atoms with Crippen LogP contribution in [0.1, 0.15) is 128 Å². The van der Waals surface area contributed by atoms with Gasteiger partial charge in [-0.25, -0.2) is 9.59 Å². The maximum absolute atomic E-state index is 16.4. The molecule has 658 valence electrons. The Morgan fingerprint density at radius 1 is 0.632 bits per heavy atom. The van der Waals surface area contributed by atoms with E-state index in [4.69, 9.17) is 73.7 Å². The summed E-state index contributed by atoms with van der Waals surface area (Å²) in [5, 5.41) is 137. The van der Waals surface area contributed by atoms with Crippen molar-refractivity contribution in [2.24, 2.45) is 11.7 Å². The Morgan fingerprint density at radius 2 is 1.24 bits per heavy atom. The fourth-order valence-corrected chi connectivity index (χ4v) is 16.8. The highest BCUT2D eigenvalue weighted by Crippen LogP contribution is 2.51. The zero-order chi connectivity index (χ0) is 89.5. The number of primary amides is 1. The molecule has 8 aliphatic rings. The van der Waals surface area contributed by atoms with Crippen molar-refractivity contribution < 1.29 is 127 Å². The number of aliphatic hydroxyl groups is 6. The van der Waals surface area contributed by atoms with E-state index in [2.05, 4.69) is 42.5 Å². The number of carboxylic acids is 1. The molecule has 0 saturated carbocycles. The highest BCUT2D eigenvalue weighted by molar-refractivity contribution is 6.32. The van der Waals surface area contributed by atoms with Crippen LogP contribution in [0.2, 0.25) is 15.1 Å². The molecule has 0 unspecified atom stereocenters. The summed E-state index contributed by atoms with van der Waals surface area (Å²) in [6.45, 7) is 5.68. The molecule has 35 nitrogen and oxygen atoms in total. The summed E-state index contributed by atoms with van der Waals surface area (Å²) in [4.78, 5) is 134. The number of halogens is 3. The van der Waals surface area contributed by atoms with E-state index in [0.717, 1.165) is 101 Å². The molecule has 7 aliphatic heterocycles. The van der Waals surface area contributed by atoms with Crippen molar-refractivity contribution in [2.45, 2.75) is 169 Å². The van der Waals surface area contributed by atoms with Crippen LogP contribution in [0, 0.1) is 5.92 Å². The number of phenols is 3. The topological polar surface area (TPSA) is 543 Å².